The highest BCUT2D eigenvalue weighted by Crippen LogP contribution is 2.19. The van der Waals surface area contributed by atoms with Crippen LogP contribution in [0.15, 0.2) is 0 Å². The van der Waals surface area contributed by atoms with Crippen molar-refractivity contribution in [1.29, 1.82) is 0 Å². The first-order valence-corrected chi connectivity index (χ1v) is 3.47. The lowest BCUT2D eigenvalue weighted by Gasteiger charge is -2.31. The second-order valence-electron chi connectivity index (χ2n) is 2.87. The van der Waals surface area contributed by atoms with E-state index in [0.29, 0.717) is 5.12 Å². The molecule has 0 aromatic carbocycles. The third kappa shape index (κ3) is 1.66. The average Bonchev–Trinajstić information content (AvgIpc) is 1.95. The van der Waals surface area contributed by atoms with E-state index in [2.05, 4.69) is 0 Å². The Bertz CT molecular complexity index is 166. The van der Waals surface area contributed by atoms with E-state index < -0.39 is 11.5 Å². The molecule has 1 rings (SSSR count). The molecule has 1 heterocycles. The number of halogens is 1. The van der Waals surface area contributed by atoms with Crippen LogP contribution in [-0.2, 0) is 4.79 Å². The predicted octanol–water partition coefficient (Wildman–Crippen LogP) is -0.251. The van der Waals surface area contributed by atoms with Gasteiger partial charge in [-0.3, -0.25) is 4.79 Å². The van der Waals surface area contributed by atoms with Crippen molar-refractivity contribution >= 4 is 5.97 Å². The Kier molecular flexibility index (Phi) is 2.10. The summed E-state index contributed by atoms with van der Waals surface area (Å²) in [6.45, 7) is 0.228. The first kappa shape index (κ1) is 8.42. The maximum atomic E-state index is 12.4. The molecule has 0 spiro atoms. The van der Waals surface area contributed by atoms with E-state index in [-0.39, 0.29) is 25.9 Å². The van der Waals surface area contributed by atoms with E-state index >= 15 is 0 Å². The normalized spacial score (nSPS) is 24.9. The van der Waals surface area contributed by atoms with Crippen molar-refractivity contribution in [2.75, 3.05) is 13.1 Å². The van der Waals surface area contributed by atoms with Crippen LogP contribution in [0, 0.1) is 0 Å². The van der Waals surface area contributed by atoms with Crippen molar-refractivity contribution in [2.45, 2.75) is 18.4 Å². The molecule has 64 valence electrons. The second kappa shape index (κ2) is 2.75. The molecule has 0 atom stereocenters. The van der Waals surface area contributed by atoms with Gasteiger partial charge in [0.15, 0.2) is 0 Å². The zero-order valence-corrected chi connectivity index (χ0v) is 6.09. The Morgan fingerprint density at radius 3 is 2.36 bits per heavy atom. The maximum absolute atomic E-state index is 12.4. The van der Waals surface area contributed by atoms with Crippen LogP contribution in [0.5, 0.6) is 0 Å². The molecule has 5 heteroatoms. The van der Waals surface area contributed by atoms with Crippen LogP contribution in [-0.4, -0.2) is 34.8 Å². The molecule has 0 bridgehead atoms. The number of carboxylic acids is 1. The van der Waals surface area contributed by atoms with Gasteiger partial charge in [-0.05, 0) is 12.8 Å². The van der Waals surface area contributed by atoms with Crippen LogP contribution in [0.4, 0.5) is 4.48 Å². The summed E-state index contributed by atoms with van der Waals surface area (Å²) < 4.78 is 12.4. The summed E-state index contributed by atoms with van der Waals surface area (Å²) in [5.74, 6) is -1.04. The number of rotatable bonds is 1. The lowest BCUT2D eigenvalue weighted by atomic mass is 9.90. The van der Waals surface area contributed by atoms with Crippen LogP contribution in [0.1, 0.15) is 12.8 Å². The minimum absolute atomic E-state index is 0.114. The van der Waals surface area contributed by atoms with Crippen molar-refractivity contribution < 1.29 is 14.4 Å². The Morgan fingerprint density at radius 1 is 1.55 bits per heavy atom. The fraction of sp³-hybridized carbons (Fsp3) is 0.833. The van der Waals surface area contributed by atoms with Gasteiger partial charge in [-0.15, -0.1) is 9.60 Å². The van der Waals surface area contributed by atoms with E-state index in [1.807, 2.05) is 0 Å². The number of nitrogens with zero attached hydrogens (tertiary/aromatic N) is 1. The molecule has 1 saturated heterocycles. The summed E-state index contributed by atoms with van der Waals surface area (Å²) in [6.07, 6.45) is 0.359. The number of aliphatic carboxylic acids is 1. The molecule has 3 N–H and O–H groups in total. The van der Waals surface area contributed by atoms with E-state index in [0.717, 1.165) is 0 Å². The SMILES string of the molecule is NC1(C(=O)O)CCN(F)CC1. The van der Waals surface area contributed by atoms with Crippen molar-refractivity contribution in [3.63, 3.8) is 0 Å². The minimum Gasteiger partial charge on any atom is -0.480 e. The highest BCUT2D eigenvalue weighted by Gasteiger charge is 2.37. The molecule has 4 nitrogen and oxygen atoms in total. The summed E-state index contributed by atoms with van der Waals surface area (Å²) in [4.78, 5) is 10.5. The molecule has 0 unspecified atom stereocenters. The Balaban J connectivity index is 2.55. The van der Waals surface area contributed by atoms with Crippen LogP contribution in [0.25, 0.3) is 0 Å². The molecule has 0 aromatic rings. The fourth-order valence-corrected chi connectivity index (χ4v) is 1.09. The van der Waals surface area contributed by atoms with Crippen LogP contribution < -0.4 is 5.73 Å². The van der Waals surface area contributed by atoms with Gasteiger partial charge >= 0.3 is 5.97 Å². The van der Waals surface area contributed by atoms with Crippen LogP contribution in [0.3, 0.4) is 0 Å². The molecule has 1 aliphatic rings. The van der Waals surface area contributed by atoms with Crippen molar-refractivity contribution in [3.05, 3.63) is 0 Å². The number of carbonyl (C=O) groups is 1. The minimum atomic E-state index is -1.21. The Hall–Kier alpha value is -0.680. The molecule has 11 heavy (non-hydrogen) atoms. The van der Waals surface area contributed by atoms with E-state index in [1.54, 1.807) is 0 Å². The molecular weight excluding hydrogens is 151 g/mol. The van der Waals surface area contributed by atoms with Crippen molar-refractivity contribution in [2.24, 2.45) is 5.73 Å². The van der Waals surface area contributed by atoms with Gasteiger partial charge in [0.05, 0.1) is 0 Å². The van der Waals surface area contributed by atoms with Crippen molar-refractivity contribution in [3.8, 4) is 0 Å². The summed E-state index contributed by atoms with van der Waals surface area (Å²) >= 11 is 0. The molecule has 0 aromatic heterocycles. The lowest BCUT2D eigenvalue weighted by molar-refractivity contribution is -0.147. The van der Waals surface area contributed by atoms with E-state index in [1.165, 1.54) is 0 Å². The first-order chi connectivity index (χ1) is 5.04. The molecule has 0 amide bonds. The number of piperidine rings is 1. The molecule has 0 radical (unpaired) electrons. The highest BCUT2D eigenvalue weighted by molar-refractivity contribution is 5.78. The quantitative estimate of drug-likeness (QED) is 0.522. The van der Waals surface area contributed by atoms with Gasteiger partial charge in [-0.2, -0.15) is 0 Å². The molecule has 1 aliphatic heterocycles. The third-order valence-corrected chi connectivity index (χ3v) is 2.03. The monoisotopic (exact) mass is 162 g/mol. The van der Waals surface area contributed by atoms with Gasteiger partial charge < -0.3 is 10.8 Å². The van der Waals surface area contributed by atoms with Gasteiger partial charge in [-0.25, -0.2) is 0 Å². The van der Waals surface area contributed by atoms with Crippen molar-refractivity contribution in [1.82, 2.24) is 5.12 Å². The number of carboxylic acid groups (broad SMARTS) is 1. The molecule has 0 saturated carbocycles. The zero-order valence-electron chi connectivity index (χ0n) is 6.09. The summed E-state index contributed by atoms with van der Waals surface area (Å²) in [6, 6.07) is 0. The predicted molar refractivity (Wildman–Crippen MR) is 36.5 cm³/mol. The van der Waals surface area contributed by atoms with Gasteiger partial charge in [0.1, 0.15) is 5.54 Å². The summed E-state index contributed by atoms with van der Waals surface area (Å²) in [7, 11) is 0. The fourth-order valence-electron chi connectivity index (χ4n) is 1.09. The number of hydrogen-bond donors (Lipinski definition) is 2. The molecule has 0 aliphatic carbocycles. The van der Waals surface area contributed by atoms with Gasteiger partial charge in [0.2, 0.25) is 0 Å². The summed E-state index contributed by atoms with van der Waals surface area (Å²) in [5, 5.41) is 9.21. The first-order valence-electron chi connectivity index (χ1n) is 3.47. The topological polar surface area (TPSA) is 66.6 Å². The standard InChI is InChI=1S/C6H11FN2O2/c7-9-3-1-6(8,2-4-9)5(10)11/h1-4,8H2,(H,10,11). The van der Waals surface area contributed by atoms with E-state index in [9.17, 15) is 9.28 Å². The molecule has 1 fully saturated rings. The highest BCUT2D eigenvalue weighted by atomic mass is 19.2. The van der Waals surface area contributed by atoms with Crippen LogP contribution in [0.2, 0.25) is 0 Å². The smallest absolute Gasteiger partial charge is 0.323 e. The lowest BCUT2D eigenvalue weighted by Crippen LogP contribution is -2.54. The third-order valence-electron chi connectivity index (χ3n) is 2.03. The van der Waals surface area contributed by atoms with Crippen LogP contribution >= 0.6 is 0 Å². The average molecular weight is 162 g/mol. The number of nitrogens with two attached hydrogens (primary N) is 1. The largest absolute Gasteiger partial charge is 0.480 e. The number of hydrogen-bond acceptors (Lipinski definition) is 3. The van der Waals surface area contributed by atoms with Gasteiger partial charge in [0, 0.05) is 13.1 Å². The Labute approximate surface area is 63.7 Å². The second-order valence-corrected chi connectivity index (χ2v) is 2.87. The van der Waals surface area contributed by atoms with E-state index in [4.69, 9.17) is 10.8 Å². The van der Waals surface area contributed by atoms with Gasteiger partial charge in [0.25, 0.3) is 0 Å². The summed E-state index contributed by atoms with van der Waals surface area (Å²) in [5.41, 5.74) is 4.27. The zero-order chi connectivity index (χ0) is 8.48. The molecular formula is C6H11FN2O2. The van der Waals surface area contributed by atoms with Gasteiger partial charge in [-0.1, -0.05) is 0 Å². The Morgan fingerprint density at radius 2 is 2.00 bits per heavy atom. The maximum Gasteiger partial charge on any atom is 0.323 e.